The minimum Gasteiger partial charge on any atom is -0.493 e. The standard InChI is InChI=1S/C14H18Cl2O2/c1-4-18-14-9(2)8-11(16)10(3)13(14)12(17)6-5-7-15/h8H,4-7H2,1-3H3. The van der Waals surface area contributed by atoms with Crippen LogP contribution in [0.25, 0.3) is 0 Å². The summed E-state index contributed by atoms with van der Waals surface area (Å²) in [5.41, 5.74) is 2.28. The number of ketones is 1. The number of rotatable bonds is 6. The van der Waals surface area contributed by atoms with Crippen LogP contribution in [0.2, 0.25) is 5.02 Å². The average molecular weight is 289 g/mol. The summed E-state index contributed by atoms with van der Waals surface area (Å²) in [4.78, 5) is 12.2. The molecule has 0 spiro atoms. The van der Waals surface area contributed by atoms with E-state index in [4.69, 9.17) is 27.9 Å². The fraction of sp³-hybridized carbons (Fsp3) is 0.500. The molecule has 2 nitrogen and oxygen atoms in total. The first kappa shape index (κ1) is 15.3. The third-order valence-corrected chi connectivity index (χ3v) is 3.43. The summed E-state index contributed by atoms with van der Waals surface area (Å²) >= 11 is 11.8. The number of benzene rings is 1. The van der Waals surface area contributed by atoms with E-state index in [2.05, 4.69) is 0 Å². The maximum Gasteiger partial charge on any atom is 0.166 e. The Labute approximate surface area is 118 Å². The summed E-state index contributed by atoms with van der Waals surface area (Å²) in [6, 6.07) is 1.83. The number of hydrogen-bond acceptors (Lipinski definition) is 2. The molecule has 100 valence electrons. The molecular weight excluding hydrogens is 271 g/mol. The Kier molecular flexibility index (Phi) is 5.97. The number of carbonyl (C=O) groups is 1. The van der Waals surface area contributed by atoms with Gasteiger partial charge in [0.2, 0.25) is 0 Å². The van der Waals surface area contributed by atoms with E-state index in [-0.39, 0.29) is 5.78 Å². The molecule has 0 amide bonds. The van der Waals surface area contributed by atoms with Gasteiger partial charge in [0.25, 0.3) is 0 Å². The Hall–Kier alpha value is -0.730. The van der Waals surface area contributed by atoms with Gasteiger partial charge in [-0.15, -0.1) is 11.6 Å². The molecule has 0 saturated carbocycles. The lowest BCUT2D eigenvalue weighted by Gasteiger charge is -2.16. The third-order valence-electron chi connectivity index (χ3n) is 2.77. The van der Waals surface area contributed by atoms with Crippen molar-refractivity contribution in [3.63, 3.8) is 0 Å². The fourth-order valence-corrected chi connectivity index (χ4v) is 2.26. The predicted molar refractivity (Wildman–Crippen MR) is 76.4 cm³/mol. The smallest absolute Gasteiger partial charge is 0.166 e. The van der Waals surface area contributed by atoms with Crippen molar-refractivity contribution in [2.24, 2.45) is 0 Å². The Balaban J connectivity index is 3.24. The quantitative estimate of drug-likeness (QED) is 0.567. The summed E-state index contributed by atoms with van der Waals surface area (Å²) in [6.45, 7) is 6.17. The van der Waals surface area contributed by atoms with E-state index in [9.17, 15) is 4.79 Å². The van der Waals surface area contributed by atoms with Gasteiger partial charge < -0.3 is 4.74 Å². The lowest BCUT2D eigenvalue weighted by molar-refractivity contribution is 0.0977. The summed E-state index contributed by atoms with van der Waals surface area (Å²) in [5.74, 6) is 1.18. The monoisotopic (exact) mass is 288 g/mol. The van der Waals surface area contributed by atoms with Gasteiger partial charge in [0, 0.05) is 17.3 Å². The molecule has 0 radical (unpaired) electrons. The second-order valence-electron chi connectivity index (χ2n) is 4.15. The van der Waals surface area contributed by atoms with Crippen LogP contribution >= 0.6 is 23.2 Å². The topological polar surface area (TPSA) is 26.3 Å². The van der Waals surface area contributed by atoms with Gasteiger partial charge in [0.05, 0.1) is 12.2 Å². The number of alkyl halides is 1. The van der Waals surface area contributed by atoms with Crippen LogP contribution < -0.4 is 4.74 Å². The zero-order valence-electron chi connectivity index (χ0n) is 11.0. The summed E-state index contributed by atoms with van der Waals surface area (Å²) < 4.78 is 5.59. The second kappa shape index (κ2) is 7.01. The van der Waals surface area contributed by atoms with Crippen LogP contribution in [0.1, 0.15) is 41.3 Å². The molecule has 0 atom stereocenters. The first-order chi connectivity index (χ1) is 8.52. The summed E-state index contributed by atoms with van der Waals surface area (Å²) in [6.07, 6.45) is 1.08. The Morgan fingerprint density at radius 1 is 1.39 bits per heavy atom. The van der Waals surface area contributed by atoms with Crippen molar-refractivity contribution in [2.75, 3.05) is 12.5 Å². The van der Waals surface area contributed by atoms with E-state index < -0.39 is 0 Å². The Bertz CT molecular complexity index is 442. The van der Waals surface area contributed by atoms with E-state index in [1.807, 2.05) is 26.8 Å². The molecule has 0 aromatic heterocycles. The third kappa shape index (κ3) is 3.39. The zero-order valence-corrected chi connectivity index (χ0v) is 12.5. The second-order valence-corrected chi connectivity index (χ2v) is 4.94. The van der Waals surface area contributed by atoms with Crippen LogP contribution in [0, 0.1) is 13.8 Å². The normalized spacial score (nSPS) is 10.5. The zero-order chi connectivity index (χ0) is 13.7. The van der Waals surface area contributed by atoms with Crippen LogP contribution in [0.4, 0.5) is 0 Å². The summed E-state index contributed by atoms with van der Waals surface area (Å²) in [5, 5.41) is 0.602. The highest BCUT2D eigenvalue weighted by molar-refractivity contribution is 6.32. The molecule has 1 rings (SSSR count). The average Bonchev–Trinajstić information content (AvgIpc) is 2.33. The molecule has 1 aromatic carbocycles. The van der Waals surface area contributed by atoms with Gasteiger partial charge in [-0.1, -0.05) is 11.6 Å². The maximum absolute atomic E-state index is 12.2. The number of ether oxygens (including phenoxy) is 1. The van der Waals surface area contributed by atoms with E-state index in [1.165, 1.54) is 0 Å². The highest BCUT2D eigenvalue weighted by Gasteiger charge is 2.19. The van der Waals surface area contributed by atoms with E-state index in [0.717, 1.165) is 11.1 Å². The van der Waals surface area contributed by atoms with Gasteiger partial charge in [-0.05, 0) is 44.4 Å². The molecule has 0 aliphatic rings. The number of halogens is 2. The molecule has 0 heterocycles. The van der Waals surface area contributed by atoms with Gasteiger partial charge in [-0.2, -0.15) is 0 Å². The molecule has 0 aliphatic heterocycles. The minimum absolute atomic E-state index is 0.0437. The molecule has 4 heteroatoms. The van der Waals surface area contributed by atoms with Crippen molar-refractivity contribution in [3.05, 3.63) is 27.8 Å². The van der Waals surface area contributed by atoms with Gasteiger partial charge in [-0.3, -0.25) is 4.79 Å². The van der Waals surface area contributed by atoms with Crippen LogP contribution in [0.3, 0.4) is 0 Å². The number of Topliss-reactive ketones (excluding diaryl/α,β-unsaturated/α-hetero) is 1. The highest BCUT2D eigenvalue weighted by atomic mass is 35.5. The van der Waals surface area contributed by atoms with Crippen molar-refractivity contribution in [2.45, 2.75) is 33.6 Å². The van der Waals surface area contributed by atoms with Gasteiger partial charge in [-0.25, -0.2) is 0 Å². The number of carbonyl (C=O) groups excluding carboxylic acids is 1. The van der Waals surface area contributed by atoms with Crippen molar-refractivity contribution in [3.8, 4) is 5.75 Å². The van der Waals surface area contributed by atoms with E-state index >= 15 is 0 Å². The van der Waals surface area contributed by atoms with Crippen molar-refractivity contribution < 1.29 is 9.53 Å². The first-order valence-electron chi connectivity index (χ1n) is 6.04. The lowest BCUT2D eigenvalue weighted by atomic mass is 9.97. The van der Waals surface area contributed by atoms with Crippen LogP contribution in [-0.2, 0) is 0 Å². The maximum atomic E-state index is 12.2. The molecule has 0 N–H and O–H groups in total. The van der Waals surface area contributed by atoms with E-state index in [1.54, 1.807) is 0 Å². The highest BCUT2D eigenvalue weighted by Crippen LogP contribution is 2.33. The first-order valence-corrected chi connectivity index (χ1v) is 6.95. The van der Waals surface area contributed by atoms with Crippen molar-refractivity contribution in [1.29, 1.82) is 0 Å². The van der Waals surface area contributed by atoms with Crippen LogP contribution in [0.5, 0.6) is 5.75 Å². The molecular formula is C14H18Cl2O2. The molecule has 0 fully saturated rings. The van der Waals surface area contributed by atoms with Crippen molar-refractivity contribution in [1.82, 2.24) is 0 Å². The fourth-order valence-electron chi connectivity index (χ4n) is 1.87. The Morgan fingerprint density at radius 3 is 2.61 bits per heavy atom. The molecule has 0 unspecified atom stereocenters. The largest absolute Gasteiger partial charge is 0.493 e. The lowest BCUT2D eigenvalue weighted by Crippen LogP contribution is -2.08. The van der Waals surface area contributed by atoms with Gasteiger partial charge >= 0.3 is 0 Å². The Morgan fingerprint density at radius 2 is 2.06 bits per heavy atom. The van der Waals surface area contributed by atoms with Crippen molar-refractivity contribution >= 4 is 29.0 Å². The molecule has 1 aromatic rings. The molecule has 18 heavy (non-hydrogen) atoms. The SMILES string of the molecule is CCOc1c(C)cc(Cl)c(C)c1C(=O)CCCCl. The number of aryl methyl sites for hydroxylation is 1. The summed E-state index contributed by atoms with van der Waals surface area (Å²) in [7, 11) is 0. The predicted octanol–water partition coefficient (Wildman–Crippen LogP) is 4.56. The van der Waals surface area contributed by atoms with Crippen LogP contribution in [-0.4, -0.2) is 18.3 Å². The van der Waals surface area contributed by atoms with Crippen LogP contribution in [0.15, 0.2) is 6.07 Å². The van der Waals surface area contributed by atoms with E-state index in [0.29, 0.717) is 41.7 Å². The molecule has 0 bridgehead atoms. The molecule has 0 saturated heterocycles. The molecule has 0 aliphatic carbocycles. The van der Waals surface area contributed by atoms with Gasteiger partial charge in [0.15, 0.2) is 5.78 Å². The minimum atomic E-state index is 0.0437. The number of hydrogen-bond donors (Lipinski definition) is 0. The van der Waals surface area contributed by atoms with Gasteiger partial charge in [0.1, 0.15) is 5.75 Å².